The van der Waals surface area contributed by atoms with Gasteiger partial charge in [0.2, 0.25) is 5.89 Å². The Labute approximate surface area is 217 Å². The molecule has 2 heterocycles. The Bertz CT molecular complexity index is 1270. The number of benzene rings is 1. The summed E-state index contributed by atoms with van der Waals surface area (Å²) in [4.78, 5) is 25.1. The predicted octanol–water partition coefficient (Wildman–Crippen LogP) is 4.67. The molecule has 3 aromatic rings. The number of carbonyl (C=O) groups excluding carboxylic acids is 1. The van der Waals surface area contributed by atoms with Crippen molar-refractivity contribution < 1.29 is 27.5 Å². The van der Waals surface area contributed by atoms with Crippen LogP contribution in [0.15, 0.2) is 46.3 Å². The highest BCUT2D eigenvalue weighted by Crippen LogP contribution is 2.32. The molecule has 0 aliphatic carbocycles. The molecule has 2 aromatic heterocycles. The van der Waals surface area contributed by atoms with Crippen LogP contribution in [0.4, 0.5) is 14.5 Å². The van der Waals surface area contributed by atoms with Gasteiger partial charge in [-0.2, -0.15) is 0 Å². The average molecular weight is 534 g/mol. The first-order chi connectivity index (χ1) is 17.5. The number of rotatable bonds is 10. The zero-order chi connectivity index (χ0) is 27.2. The van der Waals surface area contributed by atoms with Gasteiger partial charge >= 0.3 is 0 Å². The number of ether oxygens (including phenoxy) is 2. The summed E-state index contributed by atoms with van der Waals surface area (Å²) in [7, 11) is 3.05. The highest BCUT2D eigenvalue weighted by molar-refractivity contribution is 8.15. The second-order valence-corrected chi connectivity index (χ2v) is 10.2. The van der Waals surface area contributed by atoms with Crippen molar-refractivity contribution in [1.29, 1.82) is 0 Å². The van der Waals surface area contributed by atoms with Gasteiger partial charge in [-0.3, -0.25) is 9.79 Å². The van der Waals surface area contributed by atoms with E-state index in [4.69, 9.17) is 19.6 Å². The van der Waals surface area contributed by atoms with Crippen molar-refractivity contribution in [3.63, 3.8) is 0 Å². The number of halogens is 2. The lowest BCUT2D eigenvalue weighted by Gasteiger charge is -2.28. The van der Waals surface area contributed by atoms with E-state index in [1.165, 1.54) is 50.6 Å². The molecular weight excluding hydrogens is 504 g/mol. The van der Waals surface area contributed by atoms with Gasteiger partial charge in [0.25, 0.3) is 5.91 Å². The van der Waals surface area contributed by atoms with Gasteiger partial charge in [0.15, 0.2) is 22.9 Å². The number of nitrogens with two attached hydrogens (primary N) is 1. The van der Waals surface area contributed by atoms with Crippen LogP contribution in [-0.2, 0) is 11.2 Å². The van der Waals surface area contributed by atoms with Gasteiger partial charge in [-0.15, -0.1) is 0 Å². The van der Waals surface area contributed by atoms with Gasteiger partial charge in [0.1, 0.15) is 17.7 Å². The number of hydrogen-bond acceptors (Lipinski definition) is 8. The molecule has 3 N–H and O–H groups in total. The summed E-state index contributed by atoms with van der Waals surface area (Å²) in [5.74, 6) is -1.87. The van der Waals surface area contributed by atoms with E-state index < -0.39 is 28.4 Å². The van der Waals surface area contributed by atoms with Gasteiger partial charge in [0, 0.05) is 30.7 Å². The minimum absolute atomic E-state index is 0.0557. The smallest absolute Gasteiger partial charge is 0.274 e. The second-order valence-electron chi connectivity index (χ2n) is 8.58. The van der Waals surface area contributed by atoms with Gasteiger partial charge in [-0.1, -0.05) is 11.8 Å². The van der Waals surface area contributed by atoms with E-state index >= 15 is 0 Å². The molecule has 0 aliphatic heterocycles. The summed E-state index contributed by atoms with van der Waals surface area (Å²) < 4.78 is 44.7. The molecule has 198 valence electrons. The van der Waals surface area contributed by atoms with Crippen LogP contribution in [0, 0.1) is 18.6 Å². The lowest BCUT2D eigenvalue weighted by molar-refractivity contribution is 0.102. The van der Waals surface area contributed by atoms with Crippen LogP contribution < -0.4 is 15.8 Å². The van der Waals surface area contributed by atoms with Crippen molar-refractivity contribution in [3.05, 3.63) is 71.2 Å². The molecule has 12 heteroatoms. The number of oxazole rings is 1. The molecule has 1 aromatic carbocycles. The fraction of sp³-hybridized carbons (Fsp3) is 0.360. The van der Waals surface area contributed by atoms with Crippen LogP contribution in [0.1, 0.15) is 47.5 Å². The van der Waals surface area contributed by atoms with Crippen molar-refractivity contribution >= 4 is 28.5 Å². The van der Waals surface area contributed by atoms with Crippen LogP contribution in [0.5, 0.6) is 5.75 Å². The number of carbonyl (C=O) groups is 1. The number of thioether (sulfide) groups is 1. The predicted molar refractivity (Wildman–Crippen MR) is 138 cm³/mol. The first-order valence-corrected chi connectivity index (χ1v) is 12.1. The molecule has 2 atom stereocenters. The lowest BCUT2D eigenvalue weighted by atomic mass is 9.99. The third-order valence-corrected chi connectivity index (χ3v) is 6.47. The Balaban J connectivity index is 1.78. The monoisotopic (exact) mass is 533 g/mol. The Morgan fingerprint density at radius 1 is 1.32 bits per heavy atom. The highest BCUT2D eigenvalue weighted by atomic mass is 32.2. The number of nitrogens with zero attached hydrogens (tertiary/aromatic N) is 3. The Morgan fingerprint density at radius 3 is 2.70 bits per heavy atom. The van der Waals surface area contributed by atoms with Crippen molar-refractivity contribution in [3.8, 4) is 5.75 Å². The Hall–Kier alpha value is -3.51. The fourth-order valence-corrected chi connectivity index (χ4v) is 4.70. The number of amidine groups is 1. The Kier molecular flexibility index (Phi) is 9.22. The Morgan fingerprint density at radius 2 is 2.08 bits per heavy atom. The third-order valence-electron chi connectivity index (χ3n) is 5.33. The minimum atomic E-state index is -1.09. The van der Waals surface area contributed by atoms with Crippen molar-refractivity contribution in [1.82, 2.24) is 9.97 Å². The number of nitrogens with one attached hydrogen (secondary N) is 1. The van der Waals surface area contributed by atoms with E-state index in [-0.39, 0.29) is 35.1 Å². The summed E-state index contributed by atoms with van der Waals surface area (Å²) in [5, 5.41) is 2.89. The van der Waals surface area contributed by atoms with Crippen molar-refractivity contribution in [2.45, 2.75) is 38.0 Å². The molecule has 0 saturated carbocycles. The molecule has 0 saturated heterocycles. The fourth-order valence-electron chi connectivity index (χ4n) is 3.70. The summed E-state index contributed by atoms with van der Waals surface area (Å²) in [6.07, 6.45) is 3.96. The van der Waals surface area contributed by atoms with Crippen LogP contribution in [0.2, 0.25) is 0 Å². The molecule has 1 amide bonds. The molecule has 9 nitrogen and oxygen atoms in total. The normalized spacial score (nSPS) is 14.2. The van der Waals surface area contributed by atoms with E-state index in [1.807, 2.05) is 6.92 Å². The maximum atomic E-state index is 14.7. The average Bonchev–Trinajstić information content (AvgIpc) is 3.37. The van der Waals surface area contributed by atoms with E-state index in [0.717, 1.165) is 6.07 Å². The first kappa shape index (κ1) is 28.1. The quantitative estimate of drug-likeness (QED) is 0.284. The number of methoxy groups -OCH3 is 1. The van der Waals surface area contributed by atoms with E-state index in [0.29, 0.717) is 17.2 Å². The number of anilines is 1. The summed E-state index contributed by atoms with van der Waals surface area (Å²) >= 11 is 1.20. The number of aryl methyl sites for hydroxylation is 1. The molecule has 0 bridgehead atoms. The van der Waals surface area contributed by atoms with E-state index in [1.54, 1.807) is 19.9 Å². The third kappa shape index (κ3) is 7.26. The molecule has 0 aliphatic rings. The molecule has 0 spiro atoms. The lowest BCUT2D eigenvalue weighted by Crippen LogP contribution is -2.33. The zero-order valence-electron chi connectivity index (χ0n) is 21.2. The van der Waals surface area contributed by atoms with Crippen LogP contribution >= 0.6 is 11.8 Å². The van der Waals surface area contributed by atoms with Crippen LogP contribution in [-0.4, -0.2) is 46.6 Å². The SMILES string of the molecule is C/N=C(/N)S[C@@](C)(COC)Cc1cc(NC(=O)c2ncc(O[C@H](C)c3ncco3)cc2C)cc(F)c1F. The van der Waals surface area contributed by atoms with Gasteiger partial charge in [0.05, 0.1) is 19.0 Å². The number of hydrogen-bond donors (Lipinski definition) is 2. The number of pyridine rings is 1. The molecule has 37 heavy (non-hydrogen) atoms. The summed E-state index contributed by atoms with van der Waals surface area (Å²) in [6, 6.07) is 3.95. The standard InChI is InChI=1S/C25H29F2N5O4S/c1-14-8-18(36-15(2)23-30-6-7-35-23)12-31-21(14)22(33)32-17-9-16(20(27)19(26)10-17)11-25(3,13-34-5)37-24(28)29-4/h6-10,12,15H,11,13H2,1-5H3,(H2,28,29)(H,32,33)/t15-,25-/m1/s1. The van der Waals surface area contributed by atoms with Crippen LogP contribution in [0.3, 0.4) is 0 Å². The summed E-state index contributed by atoms with van der Waals surface area (Å²) in [6.45, 7) is 5.47. The minimum Gasteiger partial charge on any atom is -0.479 e. The number of aliphatic imine (C=N–C) groups is 1. The number of amides is 1. The van der Waals surface area contributed by atoms with Crippen molar-refractivity contribution in [2.75, 3.05) is 26.1 Å². The maximum Gasteiger partial charge on any atom is 0.274 e. The van der Waals surface area contributed by atoms with Gasteiger partial charge < -0.3 is 24.9 Å². The van der Waals surface area contributed by atoms with Gasteiger partial charge in [-0.05, 0) is 50.5 Å². The zero-order valence-corrected chi connectivity index (χ0v) is 22.0. The summed E-state index contributed by atoms with van der Waals surface area (Å²) in [5.41, 5.74) is 6.62. The number of aromatic nitrogens is 2. The van der Waals surface area contributed by atoms with Crippen LogP contribution in [0.25, 0.3) is 0 Å². The topological polar surface area (TPSA) is 125 Å². The molecule has 0 radical (unpaired) electrons. The maximum absolute atomic E-state index is 14.7. The van der Waals surface area contributed by atoms with E-state index in [2.05, 4.69) is 20.3 Å². The largest absolute Gasteiger partial charge is 0.479 e. The highest BCUT2D eigenvalue weighted by Gasteiger charge is 2.30. The molecule has 3 rings (SSSR count). The van der Waals surface area contributed by atoms with E-state index in [9.17, 15) is 13.6 Å². The molecule has 0 fully saturated rings. The second kappa shape index (κ2) is 12.2. The van der Waals surface area contributed by atoms with Gasteiger partial charge in [-0.25, -0.2) is 18.7 Å². The van der Waals surface area contributed by atoms with Crippen molar-refractivity contribution in [2.24, 2.45) is 10.7 Å². The molecular formula is C25H29F2N5O4S. The first-order valence-electron chi connectivity index (χ1n) is 11.3. The molecule has 0 unspecified atom stereocenters.